The van der Waals surface area contributed by atoms with E-state index >= 15 is 0 Å². The Morgan fingerprint density at radius 1 is 0.667 bits per heavy atom. The minimum Gasteiger partial charge on any atom is -0.457 e. The van der Waals surface area contributed by atoms with Crippen molar-refractivity contribution in [1.82, 2.24) is 0 Å². The molecule has 0 fully saturated rings. The van der Waals surface area contributed by atoms with Crippen molar-refractivity contribution in [2.45, 2.75) is 0 Å². The fraction of sp³-hybridized carbons (Fsp3) is 0. The van der Waals surface area contributed by atoms with Crippen LogP contribution in [-0.4, -0.2) is 8.07 Å². The molecule has 5 aromatic rings. The first kappa shape index (κ1) is 21.4. The molecule has 1 heterocycles. The maximum atomic E-state index is 6.46. The normalized spacial score (nSPS) is 16.7. The van der Waals surface area contributed by atoms with Crippen LogP contribution in [0.1, 0.15) is 0 Å². The summed E-state index contributed by atoms with van der Waals surface area (Å²) in [5, 5.41) is 8.40. The van der Waals surface area contributed by atoms with Gasteiger partial charge in [-0.1, -0.05) is 94.3 Å². The minimum atomic E-state index is -2.72. The second kappa shape index (κ2) is 8.27. The predicted octanol–water partition coefficient (Wildman–Crippen LogP) is 6.34. The van der Waals surface area contributed by atoms with Gasteiger partial charge in [0.15, 0.2) is 8.07 Å². The van der Waals surface area contributed by atoms with Crippen molar-refractivity contribution in [2.24, 2.45) is 0 Å². The lowest BCUT2D eigenvalue weighted by Crippen LogP contribution is -2.76. The SMILES string of the molecule is Clc1ccc2c(c1)Oc1ccccc1[Si]2(c1ccc(Br)cc1)c1ccc(I)c2ccccc12. The van der Waals surface area contributed by atoms with Crippen LogP contribution >= 0.6 is 50.1 Å². The van der Waals surface area contributed by atoms with Crippen LogP contribution in [0.25, 0.3) is 10.8 Å². The second-order valence-electron chi connectivity index (χ2n) is 8.14. The maximum Gasteiger partial charge on any atom is 0.188 e. The highest BCUT2D eigenvalue weighted by atomic mass is 127. The molecule has 1 aliphatic heterocycles. The second-order valence-corrected chi connectivity index (χ2v) is 14.3. The highest BCUT2D eigenvalue weighted by Crippen LogP contribution is 2.32. The van der Waals surface area contributed by atoms with Gasteiger partial charge in [0.05, 0.1) is 0 Å². The van der Waals surface area contributed by atoms with E-state index in [1.807, 2.05) is 18.2 Å². The van der Waals surface area contributed by atoms with Crippen LogP contribution in [0.15, 0.2) is 108 Å². The van der Waals surface area contributed by atoms with Crippen molar-refractivity contribution in [2.75, 3.05) is 0 Å². The molecule has 1 aliphatic rings. The molecule has 0 saturated heterocycles. The molecule has 0 aromatic heterocycles. The average molecular weight is 640 g/mol. The Hall–Kier alpha value is -2.12. The van der Waals surface area contributed by atoms with Crippen LogP contribution < -0.4 is 25.5 Å². The van der Waals surface area contributed by atoms with Crippen molar-refractivity contribution >= 4 is 89.7 Å². The number of halogens is 3. The molecule has 6 rings (SSSR count). The van der Waals surface area contributed by atoms with E-state index in [1.165, 1.54) is 35.1 Å². The molecule has 0 bridgehead atoms. The lowest BCUT2D eigenvalue weighted by atomic mass is 10.1. The summed E-state index contributed by atoms with van der Waals surface area (Å²) in [4.78, 5) is 0. The summed E-state index contributed by atoms with van der Waals surface area (Å²) in [6.07, 6.45) is 0. The molecule has 0 saturated carbocycles. The molecule has 1 nitrogen and oxygen atoms in total. The van der Waals surface area contributed by atoms with Gasteiger partial charge < -0.3 is 4.74 Å². The van der Waals surface area contributed by atoms with Gasteiger partial charge in [-0.3, -0.25) is 0 Å². The molecule has 160 valence electrons. The highest BCUT2D eigenvalue weighted by Gasteiger charge is 2.48. The van der Waals surface area contributed by atoms with E-state index in [1.54, 1.807) is 0 Å². The summed E-state index contributed by atoms with van der Waals surface area (Å²) in [6, 6.07) is 36.8. The Balaban J connectivity index is 1.85. The standard InChI is InChI=1S/C28H17BrClIOSi/c29-18-9-12-20(13-10-18)33(26-16-14-23(31)21-5-1-2-6-22(21)26)27-8-4-3-7-24(27)32-25-17-19(30)11-15-28(25)33/h1-17H. The topological polar surface area (TPSA) is 9.23 Å². The van der Waals surface area contributed by atoms with E-state index in [4.69, 9.17) is 16.3 Å². The third-order valence-corrected chi connectivity index (χ3v) is 13.0. The fourth-order valence-electron chi connectivity index (χ4n) is 5.07. The Bertz CT molecular complexity index is 1540. The Kier molecular flexibility index (Phi) is 5.37. The number of hydrogen-bond donors (Lipinski definition) is 0. The third kappa shape index (κ3) is 3.30. The molecular formula is C28H17BrClIOSi. The van der Waals surface area contributed by atoms with Gasteiger partial charge in [-0.15, -0.1) is 0 Å². The summed E-state index contributed by atoms with van der Waals surface area (Å²) >= 11 is 12.5. The smallest absolute Gasteiger partial charge is 0.188 e. The maximum absolute atomic E-state index is 6.46. The minimum absolute atomic E-state index is 0.680. The van der Waals surface area contributed by atoms with Crippen molar-refractivity contribution in [3.05, 3.63) is 116 Å². The molecule has 0 N–H and O–H groups in total. The zero-order valence-corrected chi connectivity index (χ0v) is 22.9. The van der Waals surface area contributed by atoms with Gasteiger partial charge in [-0.2, -0.15) is 0 Å². The first-order valence-corrected chi connectivity index (χ1v) is 14.8. The third-order valence-electron chi connectivity index (χ3n) is 6.41. The summed E-state index contributed by atoms with van der Waals surface area (Å²) in [6.45, 7) is 0. The van der Waals surface area contributed by atoms with E-state index < -0.39 is 8.07 Å². The zero-order chi connectivity index (χ0) is 22.6. The van der Waals surface area contributed by atoms with Crippen LogP contribution in [-0.2, 0) is 0 Å². The van der Waals surface area contributed by atoms with Gasteiger partial charge >= 0.3 is 0 Å². The number of benzene rings is 5. The Labute approximate surface area is 220 Å². The van der Waals surface area contributed by atoms with Crippen molar-refractivity contribution in [3.63, 3.8) is 0 Å². The molecule has 1 atom stereocenters. The molecule has 0 amide bonds. The predicted molar refractivity (Wildman–Crippen MR) is 153 cm³/mol. The summed E-state index contributed by atoms with van der Waals surface area (Å²) in [5.41, 5.74) is 0. The fourth-order valence-corrected chi connectivity index (χ4v) is 11.2. The largest absolute Gasteiger partial charge is 0.457 e. The van der Waals surface area contributed by atoms with Crippen LogP contribution in [0, 0.1) is 3.57 Å². The van der Waals surface area contributed by atoms with Crippen LogP contribution in [0.2, 0.25) is 5.02 Å². The van der Waals surface area contributed by atoms with E-state index in [-0.39, 0.29) is 0 Å². The molecule has 5 aromatic carbocycles. The number of hydrogen-bond acceptors (Lipinski definition) is 1. The van der Waals surface area contributed by atoms with Crippen molar-refractivity contribution in [3.8, 4) is 11.5 Å². The zero-order valence-electron chi connectivity index (χ0n) is 17.4. The lowest BCUT2D eigenvalue weighted by Gasteiger charge is -2.40. The van der Waals surface area contributed by atoms with Crippen LogP contribution in [0.5, 0.6) is 11.5 Å². The van der Waals surface area contributed by atoms with Gasteiger partial charge in [0, 0.05) is 13.1 Å². The summed E-state index contributed by atoms with van der Waals surface area (Å²) < 4.78 is 8.78. The van der Waals surface area contributed by atoms with E-state index in [2.05, 4.69) is 123 Å². The molecule has 0 aliphatic carbocycles. The number of ether oxygens (including phenoxy) is 1. The van der Waals surface area contributed by atoms with Gasteiger partial charge in [-0.25, -0.2) is 0 Å². The molecule has 1 unspecified atom stereocenters. The quantitative estimate of drug-likeness (QED) is 0.159. The van der Waals surface area contributed by atoms with Gasteiger partial charge in [-0.05, 0) is 90.5 Å². The van der Waals surface area contributed by atoms with E-state index in [0.717, 1.165) is 16.0 Å². The van der Waals surface area contributed by atoms with E-state index in [9.17, 15) is 0 Å². The Morgan fingerprint density at radius 2 is 1.33 bits per heavy atom. The first-order valence-electron chi connectivity index (χ1n) is 10.6. The average Bonchev–Trinajstić information content (AvgIpc) is 2.84. The number of rotatable bonds is 2. The molecule has 33 heavy (non-hydrogen) atoms. The van der Waals surface area contributed by atoms with Crippen molar-refractivity contribution in [1.29, 1.82) is 0 Å². The lowest BCUT2D eigenvalue weighted by molar-refractivity contribution is 0.487. The molecule has 5 heteroatoms. The van der Waals surface area contributed by atoms with Crippen LogP contribution in [0.4, 0.5) is 0 Å². The monoisotopic (exact) mass is 638 g/mol. The Morgan fingerprint density at radius 3 is 2.15 bits per heavy atom. The van der Waals surface area contributed by atoms with Gasteiger partial charge in [0.2, 0.25) is 0 Å². The van der Waals surface area contributed by atoms with Crippen LogP contribution in [0.3, 0.4) is 0 Å². The summed E-state index contributed by atoms with van der Waals surface area (Å²) in [5.74, 6) is 1.75. The van der Waals surface area contributed by atoms with E-state index in [0.29, 0.717) is 5.02 Å². The van der Waals surface area contributed by atoms with Gasteiger partial charge in [0.1, 0.15) is 11.5 Å². The summed E-state index contributed by atoms with van der Waals surface area (Å²) in [7, 11) is -2.72. The van der Waals surface area contributed by atoms with Gasteiger partial charge in [0.25, 0.3) is 0 Å². The highest BCUT2D eigenvalue weighted by molar-refractivity contribution is 14.1. The number of fused-ring (bicyclic) bond motifs is 3. The first-order chi connectivity index (χ1) is 16.1. The van der Waals surface area contributed by atoms with Crippen molar-refractivity contribution < 1.29 is 4.74 Å². The number of para-hydroxylation sites is 1. The molecule has 0 radical (unpaired) electrons. The molecule has 0 spiro atoms. The molecular weight excluding hydrogens is 623 g/mol.